The highest BCUT2D eigenvalue weighted by Gasteiger charge is 2.59. The Bertz CT molecular complexity index is 997. The SMILES string of the molecule is CCCCOC[C@H]1O[C@](C)(O)[C@H](OP(=O)(O)CC(=O)O)[C@@H](OP(=O)(O)CC(=O)O)[C@@H]1OP(=O)(O)CC(=O)O. The Morgan fingerprint density at radius 1 is 0.816 bits per heavy atom. The number of aliphatic carboxylic acids is 3. The standard InChI is InChI=1S/C17H31O18P3/c1-3-4-5-31-6-10-14(33-36(25,26)7-11(18)19)15(34-37(27,28)8-12(20)21)16(17(2,24)32-10)35-38(29,30)9-13(22)23/h10,14-16,24H,3-9H2,1-2H3,(H,18,19)(H,20,21)(H,22,23)(H,25,26)(H,27,28)(H,29,30)/t10-,14-,15+,16-,17+/m1/s1. The molecule has 18 nitrogen and oxygen atoms in total. The van der Waals surface area contributed by atoms with E-state index in [1.54, 1.807) is 0 Å². The van der Waals surface area contributed by atoms with Crippen molar-refractivity contribution in [2.24, 2.45) is 0 Å². The summed E-state index contributed by atoms with van der Waals surface area (Å²) in [6, 6.07) is 0. The van der Waals surface area contributed by atoms with Crippen molar-refractivity contribution >= 4 is 40.7 Å². The molecule has 0 spiro atoms. The van der Waals surface area contributed by atoms with Crippen LogP contribution in [-0.4, -0.2) is 115 Å². The minimum Gasteiger partial charge on any atom is -0.481 e. The van der Waals surface area contributed by atoms with Gasteiger partial charge in [0.25, 0.3) is 0 Å². The topological polar surface area (TPSA) is 290 Å². The van der Waals surface area contributed by atoms with E-state index in [0.29, 0.717) is 12.8 Å². The van der Waals surface area contributed by atoms with Crippen molar-refractivity contribution in [1.82, 2.24) is 0 Å². The van der Waals surface area contributed by atoms with Crippen LogP contribution in [0.25, 0.3) is 0 Å². The van der Waals surface area contributed by atoms with Crippen LogP contribution in [0.3, 0.4) is 0 Å². The molecule has 1 saturated heterocycles. The molecule has 1 aliphatic rings. The number of carboxylic acid groups (broad SMARTS) is 3. The molecular formula is C17H31O18P3. The lowest BCUT2D eigenvalue weighted by Crippen LogP contribution is -2.65. The average molecular weight is 616 g/mol. The first-order valence-electron chi connectivity index (χ1n) is 10.8. The minimum absolute atomic E-state index is 0.0878. The van der Waals surface area contributed by atoms with Gasteiger partial charge in [-0.25, -0.2) is 0 Å². The first kappa shape index (κ1) is 34.8. The number of carboxylic acids is 3. The number of aliphatic hydroxyl groups is 1. The van der Waals surface area contributed by atoms with Gasteiger partial charge >= 0.3 is 40.7 Å². The van der Waals surface area contributed by atoms with Gasteiger partial charge in [-0.1, -0.05) is 13.3 Å². The van der Waals surface area contributed by atoms with Crippen molar-refractivity contribution in [3.63, 3.8) is 0 Å². The van der Waals surface area contributed by atoms with Crippen molar-refractivity contribution in [3.8, 4) is 0 Å². The Morgan fingerprint density at radius 3 is 1.66 bits per heavy atom. The molecule has 0 aliphatic carbocycles. The summed E-state index contributed by atoms with van der Waals surface area (Å²) in [4.78, 5) is 63.2. The summed E-state index contributed by atoms with van der Waals surface area (Å²) < 4.78 is 62.9. The Morgan fingerprint density at radius 2 is 1.24 bits per heavy atom. The number of hydrogen-bond acceptors (Lipinski definition) is 12. The Kier molecular flexibility index (Phi) is 12.7. The van der Waals surface area contributed by atoms with Crippen molar-refractivity contribution in [3.05, 3.63) is 0 Å². The lowest BCUT2D eigenvalue weighted by Gasteiger charge is -2.49. The van der Waals surface area contributed by atoms with Gasteiger partial charge in [0.1, 0.15) is 42.9 Å². The first-order chi connectivity index (χ1) is 17.2. The van der Waals surface area contributed by atoms with E-state index in [0.717, 1.165) is 6.92 Å². The summed E-state index contributed by atoms with van der Waals surface area (Å²) in [7, 11) is -15.6. The maximum atomic E-state index is 12.5. The van der Waals surface area contributed by atoms with Crippen LogP contribution in [0.1, 0.15) is 26.7 Å². The van der Waals surface area contributed by atoms with E-state index < -0.39 is 96.0 Å². The summed E-state index contributed by atoms with van der Waals surface area (Å²) in [5.74, 6) is -8.25. The third kappa shape index (κ3) is 11.9. The van der Waals surface area contributed by atoms with Gasteiger partial charge in [0, 0.05) is 6.61 Å². The molecule has 7 N–H and O–H groups in total. The van der Waals surface area contributed by atoms with E-state index in [9.17, 15) is 47.9 Å². The molecule has 1 heterocycles. The van der Waals surface area contributed by atoms with Crippen molar-refractivity contribution < 1.29 is 86.2 Å². The van der Waals surface area contributed by atoms with Crippen LogP contribution in [0.4, 0.5) is 0 Å². The van der Waals surface area contributed by atoms with Crippen LogP contribution in [0, 0.1) is 0 Å². The van der Waals surface area contributed by atoms with Gasteiger partial charge in [-0.15, -0.1) is 0 Å². The smallest absolute Gasteiger partial charge is 0.339 e. The second-order valence-electron chi connectivity index (χ2n) is 8.37. The van der Waals surface area contributed by atoms with Gasteiger partial charge in [-0.05, 0) is 13.3 Å². The molecule has 0 aromatic rings. The minimum atomic E-state index is -5.24. The third-order valence-corrected chi connectivity index (χ3v) is 8.40. The van der Waals surface area contributed by atoms with E-state index in [4.69, 9.17) is 38.4 Å². The Hall–Kier alpha value is -1.26. The fraction of sp³-hybridized carbons (Fsp3) is 0.824. The summed E-state index contributed by atoms with van der Waals surface area (Å²) in [5, 5.41) is 37.6. The van der Waals surface area contributed by atoms with Crippen LogP contribution < -0.4 is 0 Å². The highest BCUT2D eigenvalue weighted by Crippen LogP contribution is 2.54. The Balaban J connectivity index is 3.63. The van der Waals surface area contributed by atoms with E-state index in [2.05, 4.69) is 0 Å². The molecule has 1 aliphatic heterocycles. The monoisotopic (exact) mass is 616 g/mol. The number of rotatable bonds is 17. The van der Waals surface area contributed by atoms with Crippen LogP contribution in [0.15, 0.2) is 0 Å². The zero-order valence-electron chi connectivity index (χ0n) is 20.2. The molecule has 0 saturated carbocycles. The largest absolute Gasteiger partial charge is 0.481 e. The third-order valence-electron chi connectivity index (χ3n) is 4.69. The van der Waals surface area contributed by atoms with Gasteiger partial charge in [-0.3, -0.25) is 41.6 Å². The molecule has 0 radical (unpaired) electrons. The Labute approximate surface area is 216 Å². The second kappa shape index (κ2) is 13.9. The zero-order chi connectivity index (χ0) is 29.5. The summed E-state index contributed by atoms with van der Waals surface area (Å²) >= 11 is 0. The first-order valence-corrected chi connectivity index (χ1v) is 16.1. The average Bonchev–Trinajstić information content (AvgIpc) is 2.67. The highest BCUT2D eigenvalue weighted by atomic mass is 31.2. The maximum absolute atomic E-state index is 12.5. The highest BCUT2D eigenvalue weighted by molar-refractivity contribution is 7.54. The van der Waals surface area contributed by atoms with Crippen molar-refractivity contribution in [2.75, 3.05) is 31.7 Å². The van der Waals surface area contributed by atoms with Gasteiger partial charge in [0.2, 0.25) is 0 Å². The van der Waals surface area contributed by atoms with Crippen molar-refractivity contribution in [1.29, 1.82) is 0 Å². The van der Waals surface area contributed by atoms with Crippen LogP contribution in [0.5, 0.6) is 0 Å². The molecule has 0 bridgehead atoms. The van der Waals surface area contributed by atoms with E-state index in [-0.39, 0.29) is 6.61 Å². The molecule has 1 rings (SSSR count). The van der Waals surface area contributed by atoms with E-state index in [1.807, 2.05) is 6.92 Å². The zero-order valence-corrected chi connectivity index (χ0v) is 22.9. The lowest BCUT2D eigenvalue weighted by atomic mass is 9.93. The fourth-order valence-electron chi connectivity index (χ4n) is 3.29. The second-order valence-corrected chi connectivity index (χ2v) is 13.8. The van der Waals surface area contributed by atoms with Crippen LogP contribution in [-0.2, 0) is 51.1 Å². The molecule has 38 heavy (non-hydrogen) atoms. The van der Waals surface area contributed by atoms with Gasteiger partial charge in [-0.2, -0.15) is 0 Å². The van der Waals surface area contributed by atoms with Crippen LogP contribution >= 0.6 is 22.8 Å². The molecule has 3 unspecified atom stereocenters. The summed E-state index contributed by atoms with van der Waals surface area (Å²) in [5.41, 5.74) is 0. The molecule has 0 aromatic heterocycles. The summed E-state index contributed by atoms with van der Waals surface area (Å²) in [6.45, 7) is 2.15. The van der Waals surface area contributed by atoms with Crippen molar-refractivity contribution in [2.45, 2.75) is 56.9 Å². The molecule has 8 atom stereocenters. The summed E-state index contributed by atoms with van der Waals surface area (Å²) in [6.07, 6.45) is -12.0. The molecular weight excluding hydrogens is 585 g/mol. The molecule has 222 valence electrons. The normalized spacial score (nSPS) is 30.5. The lowest BCUT2D eigenvalue weighted by molar-refractivity contribution is -0.331. The fourth-order valence-corrected chi connectivity index (χ4v) is 6.45. The molecule has 21 heteroatoms. The molecule has 0 amide bonds. The maximum Gasteiger partial charge on any atom is 0.339 e. The predicted octanol–water partition coefficient (Wildman–Crippen LogP) is -0.124. The number of unbranched alkanes of at least 4 members (excludes halogenated alkanes) is 1. The van der Waals surface area contributed by atoms with Gasteiger partial charge < -0.3 is 44.6 Å². The van der Waals surface area contributed by atoms with Gasteiger partial charge in [0.15, 0.2) is 5.79 Å². The number of ether oxygens (including phenoxy) is 2. The van der Waals surface area contributed by atoms with E-state index >= 15 is 0 Å². The van der Waals surface area contributed by atoms with E-state index in [1.165, 1.54) is 0 Å². The number of carbonyl (C=O) groups is 3. The van der Waals surface area contributed by atoms with Gasteiger partial charge in [0.05, 0.1) is 6.61 Å². The number of hydrogen-bond donors (Lipinski definition) is 7. The molecule has 1 fully saturated rings. The van der Waals surface area contributed by atoms with Crippen LogP contribution in [0.2, 0.25) is 0 Å². The predicted molar refractivity (Wildman–Crippen MR) is 123 cm³/mol. The molecule has 0 aromatic carbocycles. The quantitative estimate of drug-likeness (QED) is 0.0827.